The molecular weight excluding hydrogens is 1020 g/mol. The third-order valence-electron chi connectivity index (χ3n) is 12.7. The van der Waals surface area contributed by atoms with Crippen LogP contribution in [0.2, 0.25) is 39.3 Å². The molecule has 0 saturated carbocycles. The minimum absolute atomic E-state index is 0. The molecule has 0 N–H and O–H groups in total. The van der Waals surface area contributed by atoms with Crippen molar-refractivity contribution in [2.24, 2.45) is 0 Å². The van der Waals surface area contributed by atoms with Crippen molar-refractivity contribution >= 4 is 81.0 Å². The smallest absolute Gasteiger partial charge is 0.129 e. The van der Waals surface area contributed by atoms with Crippen molar-refractivity contribution in [2.45, 2.75) is 98.6 Å². The topological polar surface area (TPSA) is 56.7 Å². The minimum Gasteiger partial charge on any atom is -0.500 e. The minimum atomic E-state index is -1.56. The summed E-state index contributed by atoms with van der Waals surface area (Å²) >= 11 is 0. The maximum Gasteiger partial charge on any atom is 0.129 e. The number of hydrogen-bond donors (Lipinski definition) is 0. The Morgan fingerprint density at radius 1 is 0.576 bits per heavy atom. The maximum atomic E-state index is 6.65. The first kappa shape index (κ1) is 47.0. The molecule has 0 atom stereocenters. The van der Waals surface area contributed by atoms with Crippen molar-refractivity contribution in [3.05, 3.63) is 156 Å². The molecule has 10 aromatic rings. The number of hydrogen-bond acceptors (Lipinski definition) is 4. The largest absolute Gasteiger partial charge is 0.500 e. The molecule has 0 unspecified atom stereocenters. The summed E-state index contributed by atoms with van der Waals surface area (Å²) < 4.78 is 9.04. The molecule has 0 saturated heterocycles. The van der Waals surface area contributed by atoms with Crippen LogP contribution in [0, 0.1) is 12.1 Å². The fraction of sp³-hybridized carbons (Fsp3) is 0.259. The van der Waals surface area contributed by atoms with Crippen molar-refractivity contribution in [1.29, 1.82) is 0 Å². The number of aromatic nitrogens is 4. The second-order valence-electron chi connectivity index (χ2n) is 20.5. The van der Waals surface area contributed by atoms with Crippen LogP contribution in [0.15, 0.2) is 132 Å². The van der Waals surface area contributed by atoms with Crippen molar-refractivity contribution < 1.29 is 24.5 Å². The van der Waals surface area contributed by atoms with Gasteiger partial charge in [0.1, 0.15) is 5.58 Å². The normalized spacial score (nSPS) is 12.2. The van der Waals surface area contributed by atoms with Gasteiger partial charge >= 0.3 is 0 Å². The van der Waals surface area contributed by atoms with Gasteiger partial charge in [-0.25, -0.2) is 0 Å². The van der Waals surface area contributed by atoms with Crippen molar-refractivity contribution in [3.8, 4) is 28.5 Å². The van der Waals surface area contributed by atoms with E-state index >= 15 is 0 Å². The number of benzene rings is 7. The van der Waals surface area contributed by atoms with E-state index in [1.165, 1.54) is 43.3 Å². The Kier molecular flexibility index (Phi) is 13.0. The molecule has 0 fully saturated rings. The molecule has 0 amide bonds. The first-order valence-corrected chi connectivity index (χ1v) is 30.2. The predicted molar refractivity (Wildman–Crippen MR) is 282 cm³/mol. The van der Waals surface area contributed by atoms with E-state index in [9.17, 15) is 0 Å². The fourth-order valence-corrected chi connectivity index (χ4v) is 12.0. The summed E-state index contributed by atoms with van der Waals surface area (Å²) in [5.74, 6) is 2.80. The summed E-state index contributed by atoms with van der Waals surface area (Å²) in [4.78, 5) is 15.0. The monoisotopic (exact) mass is 1080 g/mol. The summed E-state index contributed by atoms with van der Waals surface area (Å²) in [5.41, 5.74) is 11.0. The van der Waals surface area contributed by atoms with Gasteiger partial charge in [0.2, 0.25) is 0 Å². The molecule has 3 aromatic heterocycles. The van der Waals surface area contributed by atoms with Crippen LogP contribution in [0.3, 0.4) is 0 Å². The van der Waals surface area contributed by atoms with Crippen LogP contribution in [0.5, 0.6) is 0 Å². The van der Waals surface area contributed by atoms with Crippen molar-refractivity contribution in [1.82, 2.24) is 19.5 Å². The molecule has 0 aliphatic heterocycles. The molecule has 0 bridgehead atoms. The van der Waals surface area contributed by atoms with E-state index in [2.05, 4.69) is 201 Å². The zero-order valence-corrected chi connectivity index (χ0v) is 44.8. The number of para-hydroxylation sites is 2. The molecule has 337 valence electrons. The third-order valence-corrected chi connectivity index (χ3v) is 16.7. The molecule has 3 heterocycles. The van der Waals surface area contributed by atoms with Crippen LogP contribution < -0.4 is 10.4 Å². The van der Waals surface area contributed by atoms with E-state index in [0.717, 1.165) is 61.0 Å². The Balaban J connectivity index is 0.000000178. The third kappa shape index (κ3) is 8.54. The van der Waals surface area contributed by atoms with Gasteiger partial charge < -0.3 is 8.98 Å². The molecule has 0 spiro atoms. The van der Waals surface area contributed by atoms with Crippen LogP contribution in [0.25, 0.3) is 83.0 Å². The first-order valence-electron chi connectivity index (χ1n) is 23.2. The van der Waals surface area contributed by atoms with Gasteiger partial charge in [0.05, 0.1) is 44.4 Å². The average molecular weight is 1080 g/mol. The number of nitrogens with zero attached hydrogens (tertiary/aromatic N) is 4. The summed E-state index contributed by atoms with van der Waals surface area (Å²) in [7, 11) is -3.02. The van der Waals surface area contributed by atoms with Gasteiger partial charge in [-0.2, -0.15) is 0 Å². The number of rotatable bonds is 8. The van der Waals surface area contributed by atoms with E-state index in [4.69, 9.17) is 19.4 Å². The quantitative estimate of drug-likeness (QED) is 0.0864. The second kappa shape index (κ2) is 18.3. The van der Waals surface area contributed by atoms with Crippen molar-refractivity contribution in [2.75, 3.05) is 0 Å². The van der Waals surface area contributed by atoms with Gasteiger partial charge in [-0.15, -0.1) is 54.1 Å². The number of furan rings is 1. The Bertz CT molecular complexity index is 3360. The zero-order valence-electron chi connectivity index (χ0n) is 40.4. The van der Waals surface area contributed by atoms with Crippen LogP contribution in [0.1, 0.15) is 76.1 Å². The fourth-order valence-electron chi connectivity index (χ4n) is 9.29. The summed E-state index contributed by atoms with van der Waals surface area (Å²) in [6, 6.07) is 49.5. The van der Waals surface area contributed by atoms with Gasteiger partial charge in [0, 0.05) is 48.5 Å². The molecular formula is C58H60IrN4OSi2-2. The number of imidazole rings is 1. The SMILES string of the molecule is CC(C)c1cc([Si](C)(C)C)cc(C(C)C)c1-n1c(-c2[c-]cccc2)nc2ccccc21.CC(C)c1nc(-c2[c-]ccc3c2oc2c4ccccc4c4ccccc4c32)ncc1[Si](C)(C)C.[Ir]. The van der Waals surface area contributed by atoms with Gasteiger partial charge in [0.15, 0.2) is 0 Å². The molecule has 66 heavy (non-hydrogen) atoms. The van der Waals surface area contributed by atoms with Crippen LogP contribution in [0.4, 0.5) is 0 Å². The Hall–Kier alpha value is -5.51. The summed E-state index contributed by atoms with van der Waals surface area (Å²) in [6.07, 6.45) is 2.05. The Morgan fingerprint density at radius 3 is 1.79 bits per heavy atom. The average Bonchev–Trinajstić information content (AvgIpc) is 3.88. The van der Waals surface area contributed by atoms with E-state index in [-0.39, 0.29) is 20.1 Å². The van der Waals surface area contributed by atoms with Crippen LogP contribution in [-0.4, -0.2) is 35.7 Å². The Labute approximate surface area is 406 Å². The number of fused-ring (bicyclic) bond motifs is 9. The van der Waals surface area contributed by atoms with Gasteiger partial charge in [-0.3, -0.25) is 15.0 Å². The zero-order chi connectivity index (χ0) is 45.9. The molecule has 10 rings (SSSR count). The maximum absolute atomic E-state index is 6.65. The van der Waals surface area contributed by atoms with Crippen LogP contribution >= 0.6 is 0 Å². The van der Waals surface area contributed by atoms with Gasteiger partial charge in [-0.05, 0) is 62.4 Å². The molecule has 5 nitrogen and oxygen atoms in total. The first-order chi connectivity index (χ1) is 31.0. The van der Waals surface area contributed by atoms with Gasteiger partial charge in [-0.1, -0.05) is 170 Å². The summed E-state index contributed by atoms with van der Waals surface area (Å²) in [5, 5.41) is 9.83. The van der Waals surface area contributed by atoms with E-state index in [1.54, 1.807) is 0 Å². The van der Waals surface area contributed by atoms with E-state index in [1.807, 2.05) is 24.4 Å². The molecule has 0 aliphatic rings. The van der Waals surface area contributed by atoms with E-state index < -0.39 is 16.1 Å². The van der Waals surface area contributed by atoms with Crippen LogP contribution in [-0.2, 0) is 20.1 Å². The molecule has 1 radical (unpaired) electrons. The molecule has 0 aliphatic carbocycles. The van der Waals surface area contributed by atoms with Gasteiger partial charge in [0.25, 0.3) is 0 Å². The predicted octanol–water partition coefficient (Wildman–Crippen LogP) is 15.1. The molecule has 7 aromatic carbocycles. The van der Waals surface area contributed by atoms with Crippen molar-refractivity contribution in [3.63, 3.8) is 0 Å². The standard InChI is InChI=1S/C30H27N2OSi.C28H33N2Si.Ir/c1-18(2)27-25(34(3,4)5)17-31-30(32-27)24-16-10-15-23-26-21-13-8-6-11-19(21)20-12-7-9-14-22(20)29(26)33-28(23)24;1-19(2)23-17-22(31(5,6)7)18-24(20(3)4)27(23)30-26-16-12-11-15-25(26)29-28(30)21-13-9-8-10-14-21;/h6-15,17-18H,1-5H3;8-13,15-20H,1-7H3;/q2*-1;. The summed E-state index contributed by atoms with van der Waals surface area (Å²) in [6.45, 7) is 28.0. The molecule has 8 heteroatoms. The Morgan fingerprint density at radius 2 is 1.18 bits per heavy atom. The van der Waals surface area contributed by atoms with E-state index in [0.29, 0.717) is 23.6 Å². The second-order valence-corrected chi connectivity index (χ2v) is 30.6.